The molecule has 0 spiro atoms. The number of quaternary nitrogens is 1. The Morgan fingerprint density at radius 1 is 0.694 bits per heavy atom. The molecule has 0 radical (unpaired) electrons. The van der Waals surface area contributed by atoms with Gasteiger partial charge in [-0.05, 0) is 19.3 Å². The van der Waals surface area contributed by atoms with E-state index in [1.54, 1.807) is 6.08 Å². The van der Waals surface area contributed by atoms with E-state index < -0.39 is 20.0 Å². The van der Waals surface area contributed by atoms with Crippen LogP contribution in [0.1, 0.15) is 187 Å². The molecule has 0 saturated carbocycles. The number of likely N-dealkylation sites (N-methyl/N-ethyl adjacent to an activating group) is 1. The smallest absolute Gasteiger partial charge is 0.268 e. The number of unbranched alkanes of at least 4 members (excludes halogenated alkanes) is 24. The summed E-state index contributed by atoms with van der Waals surface area (Å²) in [6, 6.07) is -0.878. The molecule has 0 aliphatic heterocycles. The van der Waals surface area contributed by atoms with E-state index in [0.717, 1.165) is 38.5 Å². The first-order chi connectivity index (χ1) is 23.5. The highest BCUT2D eigenvalue weighted by Gasteiger charge is 2.23. The van der Waals surface area contributed by atoms with Crippen LogP contribution in [-0.4, -0.2) is 68.5 Å². The Kier molecular flexibility index (Phi) is 32.6. The fourth-order valence-electron chi connectivity index (χ4n) is 5.92. The molecule has 0 rings (SSSR count). The molecule has 9 heteroatoms. The van der Waals surface area contributed by atoms with Crippen LogP contribution in [0.25, 0.3) is 0 Å². The molecule has 1 amide bonds. The molecule has 0 aromatic heterocycles. The summed E-state index contributed by atoms with van der Waals surface area (Å²) in [5.74, 6) is -0.197. The number of carbonyl (C=O) groups excluding carboxylic acids is 1. The van der Waals surface area contributed by atoms with Gasteiger partial charge in [-0.15, -0.1) is 0 Å². The van der Waals surface area contributed by atoms with Crippen molar-refractivity contribution in [2.75, 3.05) is 40.9 Å². The van der Waals surface area contributed by atoms with E-state index in [1.807, 2.05) is 27.2 Å². The molecule has 0 aromatic rings. The third-order valence-electron chi connectivity index (χ3n) is 9.25. The molecule has 0 saturated heterocycles. The summed E-state index contributed by atoms with van der Waals surface area (Å²) in [5, 5.41) is 13.7. The Bertz CT molecular complexity index is 819. The van der Waals surface area contributed by atoms with Crippen molar-refractivity contribution in [1.82, 2.24) is 5.32 Å². The second-order valence-electron chi connectivity index (χ2n) is 15.4. The van der Waals surface area contributed by atoms with Crippen LogP contribution in [0.5, 0.6) is 0 Å². The highest BCUT2D eigenvalue weighted by atomic mass is 31.2. The maximum absolute atomic E-state index is 12.8. The van der Waals surface area contributed by atoms with Crippen molar-refractivity contribution in [1.29, 1.82) is 0 Å². The summed E-state index contributed by atoms with van der Waals surface area (Å²) in [5.41, 5.74) is 0. The SMILES string of the molecule is CCCCCCCCCCCCC/C=C/[C@H](O)[C@@H](COP(=O)([O-])OCC[N+](C)(C)C)NC(=O)CCCCCCCCCCCCCCCC. The Hall–Kier alpha value is -0.760. The summed E-state index contributed by atoms with van der Waals surface area (Å²) in [6.45, 7) is 4.64. The van der Waals surface area contributed by atoms with E-state index in [9.17, 15) is 19.4 Å². The van der Waals surface area contributed by atoms with Crippen LogP contribution in [0.2, 0.25) is 0 Å². The zero-order valence-corrected chi connectivity index (χ0v) is 33.8. The maximum atomic E-state index is 12.8. The lowest BCUT2D eigenvalue weighted by atomic mass is 10.0. The van der Waals surface area contributed by atoms with E-state index in [2.05, 4.69) is 19.2 Å². The number of allylic oxidation sites excluding steroid dienone is 1. The van der Waals surface area contributed by atoms with Crippen LogP contribution >= 0.6 is 7.82 Å². The molecule has 0 aliphatic carbocycles. The van der Waals surface area contributed by atoms with Gasteiger partial charge in [0, 0.05) is 6.42 Å². The van der Waals surface area contributed by atoms with Crippen molar-refractivity contribution in [3.05, 3.63) is 12.2 Å². The minimum absolute atomic E-state index is 0.00183. The molecule has 0 aromatic carbocycles. The summed E-state index contributed by atoms with van der Waals surface area (Å²) < 4.78 is 23.1. The summed E-state index contributed by atoms with van der Waals surface area (Å²) in [4.78, 5) is 25.2. The number of aliphatic hydroxyl groups is 1. The normalized spacial score (nSPS) is 14.7. The first-order valence-electron chi connectivity index (χ1n) is 20.6. The number of hydrogen-bond donors (Lipinski definition) is 2. The average Bonchev–Trinajstić information content (AvgIpc) is 3.04. The highest BCUT2D eigenvalue weighted by molar-refractivity contribution is 7.45. The molecule has 3 atom stereocenters. The van der Waals surface area contributed by atoms with Crippen LogP contribution < -0.4 is 10.2 Å². The average molecular weight is 717 g/mol. The summed E-state index contributed by atoms with van der Waals surface area (Å²) >= 11 is 0. The minimum atomic E-state index is -4.57. The third-order valence-corrected chi connectivity index (χ3v) is 10.2. The Morgan fingerprint density at radius 3 is 1.53 bits per heavy atom. The van der Waals surface area contributed by atoms with E-state index >= 15 is 0 Å². The molecule has 2 N–H and O–H groups in total. The zero-order chi connectivity index (χ0) is 36.5. The molecular weight excluding hydrogens is 635 g/mol. The fourth-order valence-corrected chi connectivity index (χ4v) is 6.64. The lowest BCUT2D eigenvalue weighted by molar-refractivity contribution is -0.870. The van der Waals surface area contributed by atoms with Gasteiger partial charge in [0.1, 0.15) is 13.2 Å². The van der Waals surface area contributed by atoms with Gasteiger partial charge in [0.05, 0.1) is 39.9 Å². The Morgan fingerprint density at radius 2 is 1.10 bits per heavy atom. The van der Waals surface area contributed by atoms with Gasteiger partial charge in [0.25, 0.3) is 7.82 Å². The molecule has 0 aliphatic rings. The van der Waals surface area contributed by atoms with Crippen LogP contribution in [-0.2, 0) is 18.4 Å². The largest absolute Gasteiger partial charge is 0.756 e. The zero-order valence-electron chi connectivity index (χ0n) is 32.9. The first-order valence-corrected chi connectivity index (χ1v) is 22.0. The Labute approximate surface area is 303 Å². The number of amides is 1. The summed E-state index contributed by atoms with van der Waals surface area (Å²) in [7, 11) is 1.27. The number of carbonyl (C=O) groups is 1. The van der Waals surface area contributed by atoms with Gasteiger partial charge in [-0.25, -0.2) is 0 Å². The standard InChI is InChI=1S/C40H81N2O6P/c1-6-8-10-12-14-16-18-20-22-24-26-28-30-32-34-40(44)41-38(37-48-49(45,46)47-36-35-42(3,4)5)39(43)33-31-29-27-25-23-21-19-17-15-13-11-9-7-2/h31,33,38-39,43H,6-30,32,34-37H2,1-5H3,(H-,41,44,45,46)/b33-31+/t38-,39+/m1/s1. The second kappa shape index (κ2) is 33.1. The number of nitrogens with zero attached hydrogens (tertiary/aromatic N) is 1. The van der Waals surface area contributed by atoms with Crippen molar-refractivity contribution >= 4 is 13.7 Å². The number of rotatable bonds is 37. The molecule has 1 unspecified atom stereocenters. The van der Waals surface area contributed by atoms with E-state index in [0.29, 0.717) is 17.4 Å². The molecular formula is C40H81N2O6P. The van der Waals surface area contributed by atoms with Crippen LogP contribution in [0.4, 0.5) is 0 Å². The van der Waals surface area contributed by atoms with Crippen molar-refractivity contribution in [2.45, 2.75) is 199 Å². The molecule has 0 heterocycles. The molecule has 0 bridgehead atoms. The molecule has 8 nitrogen and oxygen atoms in total. The van der Waals surface area contributed by atoms with Crippen molar-refractivity contribution in [2.24, 2.45) is 0 Å². The summed E-state index contributed by atoms with van der Waals surface area (Å²) in [6.07, 6.45) is 35.3. The van der Waals surface area contributed by atoms with Gasteiger partial charge in [-0.1, -0.05) is 174 Å². The minimum Gasteiger partial charge on any atom is -0.756 e. The van der Waals surface area contributed by atoms with Gasteiger partial charge < -0.3 is 28.8 Å². The quantitative estimate of drug-likeness (QED) is 0.0287. The van der Waals surface area contributed by atoms with E-state index in [1.165, 1.54) is 128 Å². The highest BCUT2D eigenvalue weighted by Crippen LogP contribution is 2.38. The van der Waals surface area contributed by atoms with Crippen molar-refractivity contribution < 1.29 is 32.9 Å². The van der Waals surface area contributed by atoms with Crippen molar-refractivity contribution in [3.8, 4) is 0 Å². The van der Waals surface area contributed by atoms with Crippen LogP contribution in [0.3, 0.4) is 0 Å². The van der Waals surface area contributed by atoms with E-state index in [-0.39, 0.29) is 19.1 Å². The molecule has 292 valence electrons. The van der Waals surface area contributed by atoms with Gasteiger partial charge in [0.2, 0.25) is 5.91 Å². The molecule has 49 heavy (non-hydrogen) atoms. The predicted molar refractivity (Wildman–Crippen MR) is 205 cm³/mol. The van der Waals surface area contributed by atoms with Crippen LogP contribution in [0, 0.1) is 0 Å². The maximum Gasteiger partial charge on any atom is 0.268 e. The lowest BCUT2D eigenvalue weighted by Gasteiger charge is -2.29. The van der Waals surface area contributed by atoms with Gasteiger partial charge in [-0.3, -0.25) is 9.36 Å². The molecule has 0 fully saturated rings. The predicted octanol–water partition coefficient (Wildman–Crippen LogP) is 10.2. The number of aliphatic hydroxyl groups excluding tert-OH is 1. The number of phosphoric ester groups is 1. The van der Waals surface area contributed by atoms with Gasteiger partial charge in [0.15, 0.2) is 0 Å². The first kappa shape index (κ1) is 48.2. The topological polar surface area (TPSA) is 108 Å². The number of nitrogens with one attached hydrogen (secondary N) is 1. The van der Waals surface area contributed by atoms with Crippen molar-refractivity contribution in [3.63, 3.8) is 0 Å². The third kappa shape index (κ3) is 35.4. The van der Waals surface area contributed by atoms with Gasteiger partial charge >= 0.3 is 0 Å². The Balaban J connectivity index is 4.47. The van der Waals surface area contributed by atoms with Gasteiger partial charge in [-0.2, -0.15) is 0 Å². The fraction of sp³-hybridized carbons (Fsp3) is 0.925. The number of hydrogen-bond acceptors (Lipinski definition) is 6. The van der Waals surface area contributed by atoms with Crippen LogP contribution in [0.15, 0.2) is 12.2 Å². The lowest BCUT2D eigenvalue weighted by Crippen LogP contribution is -2.45. The second-order valence-corrected chi connectivity index (χ2v) is 16.8. The number of phosphoric acid groups is 1. The van der Waals surface area contributed by atoms with E-state index in [4.69, 9.17) is 9.05 Å². The monoisotopic (exact) mass is 717 g/mol.